The van der Waals surface area contributed by atoms with Crippen LogP contribution in [0.15, 0.2) is 29.8 Å². The Bertz CT molecular complexity index is 342. The first-order valence-corrected chi connectivity index (χ1v) is 4.57. The van der Waals surface area contributed by atoms with Crippen molar-refractivity contribution >= 4 is 18.5 Å². The maximum atomic E-state index is 5.53. The minimum Gasteiger partial charge on any atom is -0.491 e. The summed E-state index contributed by atoms with van der Waals surface area (Å²) in [5.41, 5.74) is 1.77. The van der Waals surface area contributed by atoms with E-state index in [9.17, 15) is 0 Å². The quantitative estimate of drug-likeness (QED) is 0.665. The number of hydrogen-bond acceptors (Lipinski definition) is 2. The van der Waals surface area contributed by atoms with Crippen LogP contribution in [0.1, 0.15) is 19.4 Å². The van der Waals surface area contributed by atoms with Crippen LogP contribution < -0.4 is 4.74 Å². The highest BCUT2D eigenvalue weighted by Gasteiger charge is 2.01. The summed E-state index contributed by atoms with van der Waals surface area (Å²) in [4.78, 5) is 3.91. The molecule has 0 amide bonds. The van der Waals surface area contributed by atoms with E-state index in [1.54, 1.807) is 6.08 Å². The molecule has 0 aliphatic heterocycles. The molecule has 14 heavy (non-hydrogen) atoms. The van der Waals surface area contributed by atoms with Gasteiger partial charge in [-0.2, -0.15) is 0 Å². The molecule has 0 aromatic heterocycles. The first-order valence-electron chi connectivity index (χ1n) is 4.57. The van der Waals surface area contributed by atoms with E-state index in [1.165, 1.54) is 0 Å². The topological polar surface area (TPSA) is 21.6 Å². The number of ether oxygens (including phenoxy) is 1. The average Bonchev–Trinajstić information content (AvgIpc) is 2.16. The molecular formula is C12H15NO. The molecule has 0 fully saturated rings. The third-order valence-electron chi connectivity index (χ3n) is 1.76. The Morgan fingerprint density at radius 1 is 1.43 bits per heavy atom. The van der Waals surface area contributed by atoms with Crippen molar-refractivity contribution in [2.24, 2.45) is 4.99 Å². The molecule has 2 heteroatoms. The van der Waals surface area contributed by atoms with Crippen molar-refractivity contribution in [3.8, 4) is 5.75 Å². The van der Waals surface area contributed by atoms with Gasteiger partial charge in [-0.1, -0.05) is 12.7 Å². The number of aliphatic imine (C=N–C) groups is 1. The standard InChI is InChI=1S/C12H15NO/c1-5-10-6-7-11(14-9(2)3)8-12(10)13-4/h5-9H,1,4H2,2-3H3. The van der Waals surface area contributed by atoms with E-state index in [0.717, 1.165) is 17.0 Å². The Morgan fingerprint density at radius 2 is 2.14 bits per heavy atom. The summed E-state index contributed by atoms with van der Waals surface area (Å²) in [6.07, 6.45) is 1.92. The van der Waals surface area contributed by atoms with Gasteiger partial charge in [0.25, 0.3) is 0 Å². The molecule has 0 bridgehead atoms. The lowest BCUT2D eigenvalue weighted by Crippen LogP contribution is -2.05. The van der Waals surface area contributed by atoms with E-state index >= 15 is 0 Å². The number of hydrogen-bond donors (Lipinski definition) is 0. The summed E-state index contributed by atoms with van der Waals surface area (Å²) in [7, 11) is 0. The zero-order valence-electron chi connectivity index (χ0n) is 8.66. The highest BCUT2D eigenvalue weighted by Crippen LogP contribution is 2.26. The lowest BCUT2D eigenvalue weighted by atomic mass is 10.1. The van der Waals surface area contributed by atoms with Crippen molar-refractivity contribution in [2.45, 2.75) is 20.0 Å². The largest absolute Gasteiger partial charge is 0.491 e. The normalized spacial score (nSPS) is 9.93. The Hall–Kier alpha value is -1.57. The van der Waals surface area contributed by atoms with E-state index in [1.807, 2.05) is 32.0 Å². The smallest absolute Gasteiger partial charge is 0.121 e. The molecule has 1 aromatic carbocycles. The summed E-state index contributed by atoms with van der Waals surface area (Å²) in [5, 5.41) is 0. The first kappa shape index (κ1) is 10.5. The van der Waals surface area contributed by atoms with Crippen molar-refractivity contribution in [3.05, 3.63) is 30.3 Å². The van der Waals surface area contributed by atoms with Crippen LogP contribution in [0.2, 0.25) is 0 Å². The van der Waals surface area contributed by atoms with Crippen LogP contribution in [0, 0.1) is 0 Å². The summed E-state index contributed by atoms with van der Waals surface area (Å²) >= 11 is 0. The molecule has 0 aliphatic rings. The maximum absolute atomic E-state index is 5.53. The second-order valence-corrected chi connectivity index (χ2v) is 3.25. The van der Waals surface area contributed by atoms with Crippen LogP contribution in [0.4, 0.5) is 5.69 Å². The van der Waals surface area contributed by atoms with E-state index in [4.69, 9.17) is 4.74 Å². The lowest BCUT2D eigenvalue weighted by Gasteiger charge is -2.10. The van der Waals surface area contributed by atoms with Gasteiger partial charge in [0.15, 0.2) is 0 Å². The Labute approximate surface area is 84.9 Å². The summed E-state index contributed by atoms with van der Waals surface area (Å²) in [6, 6.07) is 5.70. The molecule has 0 unspecified atom stereocenters. The number of rotatable bonds is 4. The van der Waals surface area contributed by atoms with Crippen LogP contribution in [0.25, 0.3) is 6.08 Å². The van der Waals surface area contributed by atoms with Crippen LogP contribution in [-0.2, 0) is 0 Å². The molecule has 0 atom stereocenters. The van der Waals surface area contributed by atoms with Crippen LogP contribution in [0.5, 0.6) is 5.75 Å². The average molecular weight is 189 g/mol. The van der Waals surface area contributed by atoms with Gasteiger partial charge in [-0.3, -0.25) is 4.99 Å². The predicted octanol–water partition coefficient (Wildman–Crippen LogP) is 3.45. The molecule has 0 N–H and O–H groups in total. The highest BCUT2D eigenvalue weighted by molar-refractivity contribution is 5.66. The summed E-state index contributed by atoms with van der Waals surface area (Å²) < 4.78 is 5.53. The van der Waals surface area contributed by atoms with Crippen molar-refractivity contribution < 1.29 is 4.74 Å². The molecule has 0 saturated carbocycles. The second-order valence-electron chi connectivity index (χ2n) is 3.25. The molecule has 2 nitrogen and oxygen atoms in total. The molecule has 74 valence electrons. The fraction of sp³-hybridized carbons (Fsp3) is 0.250. The molecule has 1 aromatic rings. The van der Waals surface area contributed by atoms with E-state index < -0.39 is 0 Å². The summed E-state index contributed by atoms with van der Waals surface area (Å²) in [6.45, 7) is 11.2. The van der Waals surface area contributed by atoms with Crippen molar-refractivity contribution in [2.75, 3.05) is 0 Å². The molecule has 0 heterocycles. The fourth-order valence-corrected chi connectivity index (χ4v) is 1.18. The van der Waals surface area contributed by atoms with E-state index in [2.05, 4.69) is 18.3 Å². The fourth-order valence-electron chi connectivity index (χ4n) is 1.18. The van der Waals surface area contributed by atoms with Crippen molar-refractivity contribution in [1.29, 1.82) is 0 Å². The predicted molar refractivity (Wildman–Crippen MR) is 61.5 cm³/mol. The zero-order valence-corrected chi connectivity index (χ0v) is 8.66. The van der Waals surface area contributed by atoms with Gasteiger partial charge in [0.2, 0.25) is 0 Å². The minimum atomic E-state index is 0.169. The van der Waals surface area contributed by atoms with Gasteiger partial charge in [0.1, 0.15) is 5.75 Å². The van der Waals surface area contributed by atoms with Gasteiger partial charge >= 0.3 is 0 Å². The summed E-state index contributed by atoms with van der Waals surface area (Å²) in [5.74, 6) is 0.813. The monoisotopic (exact) mass is 189 g/mol. The Morgan fingerprint density at radius 3 is 2.64 bits per heavy atom. The van der Waals surface area contributed by atoms with Crippen molar-refractivity contribution in [3.63, 3.8) is 0 Å². The van der Waals surface area contributed by atoms with Crippen molar-refractivity contribution in [1.82, 2.24) is 0 Å². The van der Waals surface area contributed by atoms with Gasteiger partial charge in [-0.05, 0) is 38.3 Å². The molecule has 0 saturated heterocycles. The van der Waals surface area contributed by atoms with Gasteiger partial charge in [0.05, 0.1) is 11.8 Å². The van der Waals surface area contributed by atoms with Gasteiger partial charge in [-0.15, -0.1) is 0 Å². The van der Waals surface area contributed by atoms with Crippen LogP contribution in [0.3, 0.4) is 0 Å². The second kappa shape index (κ2) is 4.61. The molecule has 0 radical (unpaired) electrons. The third-order valence-corrected chi connectivity index (χ3v) is 1.76. The third kappa shape index (κ3) is 2.46. The Kier molecular flexibility index (Phi) is 3.46. The SMILES string of the molecule is C=Cc1ccc(OC(C)C)cc1N=C. The van der Waals surface area contributed by atoms with Gasteiger partial charge < -0.3 is 4.74 Å². The molecule has 1 rings (SSSR count). The Balaban J connectivity index is 3.01. The molecule has 0 spiro atoms. The van der Waals surface area contributed by atoms with Crippen LogP contribution >= 0.6 is 0 Å². The zero-order chi connectivity index (χ0) is 10.6. The van der Waals surface area contributed by atoms with Crippen LogP contribution in [-0.4, -0.2) is 12.8 Å². The lowest BCUT2D eigenvalue weighted by molar-refractivity contribution is 0.242. The molecular weight excluding hydrogens is 174 g/mol. The molecule has 0 aliphatic carbocycles. The maximum Gasteiger partial charge on any atom is 0.121 e. The first-order chi connectivity index (χ1) is 6.67. The van der Waals surface area contributed by atoms with Gasteiger partial charge in [-0.25, -0.2) is 0 Å². The van der Waals surface area contributed by atoms with Gasteiger partial charge in [0, 0.05) is 6.07 Å². The van der Waals surface area contributed by atoms with E-state index in [0.29, 0.717) is 0 Å². The number of nitrogens with zero attached hydrogens (tertiary/aromatic N) is 1. The minimum absolute atomic E-state index is 0.169. The number of benzene rings is 1. The highest BCUT2D eigenvalue weighted by atomic mass is 16.5. The van der Waals surface area contributed by atoms with E-state index in [-0.39, 0.29) is 6.10 Å².